The fourth-order valence-corrected chi connectivity index (χ4v) is 2.51. The van der Waals surface area contributed by atoms with Crippen molar-refractivity contribution in [2.24, 2.45) is 0 Å². The summed E-state index contributed by atoms with van der Waals surface area (Å²) in [4.78, 5) is 37.7. The van der Waals surface area contributed by atoms with E-state index in [2.05, 4.69) is 20.7 Å². The first-order valence-corrected chi connectivity index (χ1v) is 8.54. The Balaban J connectivity index is 1.66. The van der Waals surface area contributed by atoms with E-state index in [4.69, 9.17) is 0 Å². The molecule has 0 saturated carbocycles. The van der Waals surface area contributed by atoms with Crippen molar-refractivity contribution in [2.75, 3.05) is 10.6 Å². The smallest absolute Gasteiger partial charge is 0.390 e. The Hall–Kier alpha value is -4.29. The fraction of sp³-hybridized carbons (Fsp3) is 0.111. The van der Waals surface area contributed by atoms with Gasteiger partial charge in [-0.3, -0.25) is 9.59 Å². The number of hydrogen-bond acceptors (Lipinski definition) is 6. The predicted octanol–water partition coefficient (Wildman–Crippen LogP) is 3.10. The van der Waals surface area contributed by atoms with E-state index >= 15 is 0 Å². The molecule has 0 fully saturated rings. The normalized spacial score (nSPS) is 11.1. The van der Waals surface area contributed by atoms with Gasteiger partial charge in [-0.1, -0.05) is 17.1 Å². The number of alkyl halides is 3. The van der Waals surface area contributed by atoms with Crippen molar-refractivity contribution < 1.29 is 27.7 Å². The molecule has 0 bridgehead atoms. The maximum Gasteiger partial charge on any atom is 0.490 e. The fourth-order valence-electron chi connectivity index (χ4n) is 2.51. The third kappa shape index (κ3) is 5.62. The van der Waals surface area contributed by atoms with E-state index in [1.165, 1.54) is 36.4 Å². The number of hydrogen-bond donors (Lipinski definition) is 2. The molecule has 2 aromatic carbocycles. The highest BCUT2D eigenvalue weighted by atomic mass is 19.4. The Morgan fingerprint density at radius 2 is 1.74 bits per heavy atom. The second-order valence-corrected chi connectivity index (χ2v) is 6.16. The predicted molar refractivity (Wildman–Crippen MR) is 101 cm³/mol. The number of anilines is 2. The van der Waals surface area contributed by atoms with Gasteiger partial charge in [0.2, 0.25) is 12.2 Å². The standard InChI is InChI=1S/C18H13F3N6O4/c19-18(20,21)12-4-2-6-14(8-12)24-16(29)11-3-1-5-13(7-11)23-15(28)9-26-10-22-17(25-26)27(30)31/h1-8,10H,9H2,(H,23,28)(H,24,29). The molecule has 13 heteroatoms. The number of carbonyl (C=O) groups excluding carboxylic acids is 2. The third-order valence-corrected chi connectivity index (χ3v) is 3.85. The van der Waals surface area contributed by atoms with Gasteiger partial charge in [-0.15, -0.1) is 0 Å². The van der Waals surface area contributed by atoms with Crippen molar-refractivity contribution in [3.05, 3.63) is 76.1 Å². The van der Waals surface area contributed by atoms with Gasteiger partial charge in [-0.05, 0) is 41.3 Å². The van der Waals surface area contributed by atoms with Crippen molar-refractivity contribution >= 4 is 29.1 Å². The van der Waals surface area contributed by atoms with Crippen LogP contribution in [0.3, 0.4) is 0 Å². The molecule has 0 aliphatic heterocycles. The quantitative estimate of drug-likeness (QED) is 0.453. The topological polar surface area (TPSA) is 132 Å². The van der Waals surface area contributed by atoms with E-state index in [0.29, 0.717) is 0 Å². The summed E-state index contributed by atoms with van der Waals surface area (Å²) in [6, 6.07) is 9.87. The monoisotopic (exact) mass is 434 g/mol. The van der Waals surface area contributed by atoms with E-state index in [1.807, 2.05) is 0 Å². The molecule has 0 atom stereocenters. The Morgan fingerprint density at radius 3 is 2.39 bits per heavy atom. The van der Waals surface area contributed by atoms with Crippen molar-refractivity contribution in [1.29, 1.82) is 0 Å². The van der Waals surface area contributed by atoms with Crippen LogP contribution in [0.15, 0.2) is 54.9 Å². The molecule has 1 aromatic heterocycles. The van der Waals surface area contributed by atoms with Gasteiger partial charge in [-0.2, -0.15) is 17.9 Å². The van der Waals surface area contributed by atoms with Crippen molar-refractivity contribution in [1.82, 2.24) is 14.8 Å². The number of nitro groups is 1. The first-order valence-electron chi connectivity index (χ1n) is 8.54. The number of halogens is 3. The molecule has 0 radical (unpaired) electrons. The van der Waals surface area contributed by atoms with Gasteiger partial charge in [-0.25, -0.2) is 0 Å². The SMILES string of the molecule is O=C(Cn1cnc([N+](=O)[O-])n1)Nc1cccc(C(=O)Nc2cccc(C(F)(F)F)c2)c1. The van der Waals surface area contributed by atoms with Crippen LogP contribution in [0.2, 0.25) is 0 Å². The van der Waals surface area contributed by atoms with Crippen LogP contribution in [0.25, 0.3) is 0 Å². The number of aromatic nitrogens is 3. The molecule has 0 saturated heterocycles. The molecule has 1 heterocycles. The molecular formula is C18H13F3N6O4. The van der Waals surface area contributed by atoms with E-state index in [-0.39, 0.29) is 23.5 Å². The second kappa shape index (κ2) is 8.61. The summed E-state index contributed by atoms with van der Waals surface area (Å²) in [6.45, 7) is -0.360. The summed E-state index contributed by atoms with van der Waals surface area (Å²) in [7, 11) is 0. The summed E-state index contributed by atoms with van der Waals surface area (Å²) < 4.78 is 39.4. The molecule has 160 valence electrons. The maximum absolute atomic E-state index is 12.8. The summed E-state index contributed by atoms with van der Waals surface area (Å²) in [6.07, 6.45) is -3.52. The molecule has 0 aliphatic carbocycles. The van der Waals surface area contributed by atoms with E-state index in [0.717, 1.165) is 23.1 Å². The van der Waals surface area contributed by atoms with Crippen molar-refractivity contribution in [2.45, 2.75) is 12.7 Å². The Kier molecular flexibility index (Phi) is 5.95. The van der Waals surface area contributed by atoms with Crippen molar-refractivity contribution in [3.8, 4) is 0 Å². The van der Waals surface area contributed by atoms with Crippen LogP contribution >= 0.6 is 0 Å². The van der Waals surface area contributed by atoms with Crippen LogP contribution < -0.4 is 10.6 Å². The van der Waals surface area contributed by atoms with Gasteiger partial charge in [0.05, 0.1) is 5.56 Å². The molecule has 0 unspecified atom stereocenters. The Bertz CT molecular complexity index is 1150. The molecule has 2 N–H and O–H groups in total. The summed E-state index contributed by atoms with van der Waals surface area (Å²) in [5.74, 6) is -1.92. The zero-order valence-corrected chi connectivity index (χ0v) is 15.5. The average molecular weight is 434 g/mol. The molecule has 31 heavy (non-hydrogen) atoms. The van der Waals surface area contributed by atoms with Crippen LogP contribution in [0.5, 0.6) is 0 Å². The number of amides is 2. The Labute approximate surface area is 171 Å². The van der Waals surface area contributed by atoms with E-state index < -0.39 is 34.4 Å². The van der Waals surface area contributed by atoms with Gasteiger partial charge in [0.1, 0.15) is 6.54 Å². The zero-order chi connectivity index (χ0) is 22.6. The lowest BCUT2D eigenvalue weighted by atomic mass is 10.1. The molecule has 3 rings (SSSR count). The number of nitrogens with zero attached hydrogens (tertiary/aromatic N) is 4. The summed E-state index contributed by atoms with van der Waals surface area (Å²) in [5, 5.41) is 18.9. The second-order valence-electron chi connectivity index (χ2n) is 6.16. The van der Waals surface area contributed by atoms with Crippen LogP contribution in [0.1, 0.15) is 15.9 Å². The largest absolute Gasteiger partial charge is 0.490 e. The van der Waals surface area contributed by atoms with Crippen molar-refractivity contribution in [3.63, 3.8) is 0 Å². The minimum atomic E-state index is -4.55. The van der Waals surface area contributed by atoms with E-state index in [1.54, 1.807) is 0 Å². The Morgan fingerprint density at radius 1 is 1.06 bits per heavy atom. The number of nitrogens with one attached hydrogen (secondary N) is 2. The lowest BCUT2D eigenvalue weighted by Crippen LogP contribution is -2.19. The minimum Gasteiger partial charge on any atom is -0.390 e. The molecule has 0 spiro atoms. The molecule has 2 amide bonds. The minimum absolute atomic E-state index is 0.0398. The van der Waals surface area contributed by atoms with Gasteiger partial charge in [0.15, 0.2) is 0 Å². The first kappa shape index (κ1) is 21.4. The summed E-state index contributed by atoms with van der Waals surface area (Å²) >= 11 is 0. The summed E-state index contributed by atoms with van der Waals surface area (Å²) in [5.41, 5.74) is -0.621. The molecule has 3 aromatic rings. The molecule has 0 aliphatic rings. The van der Waals surface area contributed by atoms with Gasteiger partial charge >= 0.3 is 12.1 Å². The molecule has 10 nitrogen and oxygen atoms in total. The highest BCUT2D eigenvalue weighted by Crippen LogP contribution is 2.30. The molecular weight excluding hydrogens is 421 g/mol. The average Bonchev–Trinajstić information content (AvgIpc) is 3.16. The van der Waals surface area contributed by atoms with Crippen LogP contribution in [0, 0.1) is 10.1 Å². The lowest BCUT2D eigenvalue weighted by molar-refractivity contribution is -0.394. The lowest BCUT2D eigenvalue weighted by Gasteiger charge is -2.11. The highest BCUT2D eigenvalue weighted by Gasteiger charge is 2.30. The van der Waals surface area contributed by atoms with Crippen LogP contribution in [0.4, 0.5) is 30.5 Å². The van der Waals surface area contributed by atoms with Crippen LogP contribution in [-0.4, -0.2) is 31.5 Å². The van der Waals surface area contributed by atoms with E-state index in [9.17, 15) is 32.9 Å². The number of rotatable bonds is 6. The number of carbonyl (C=O) groups is 2. The zero-order valence-electron chi connectivity index (χ0n) is 15.5. The highest BCUT2D eigenvalue weighted by molar-refractivity contribution is 6.05. The van der Waals surface area contributed by atoms with Gasteiger partial charge in [0.25, 0.3) is 5.91 Å². The maximum atomic E-state index is 12.8. The first-order chi connectivity index (χ1) is 14.6. The van der Waals surface area contributed by atoms with Gasteiger partial charge in [0, 0.05) is 22.0 Å². The van der Waals surface area contributed by atoms with Gasteiger partial charge < -0.3 is 20.7 Å². The third-order valence-electron chi connectivity index (χ3n) is 3.85. The van der Waals surface area contributed by atoms with Crippen LogP contribution in [-0.2, 0) is 17.5 Å². The number of benzene rings is 2.